The van der Waals surface area contributed by atoms with E-state index in [0.29, 0.717) is 48.0 Å². The van der Waals surface area contributed by atoms with Crippen LogP contribution in [-0.2, 0) is 14.3 Å². The topological polar surface area (TPSA) is 76.2 Å². The maximum absolute atomic E-state index is 12.3. The number of imide groups is 1. The highest BCUT2D eigenvalue weighted by Gasteiger charge is 2.34. The largest absolute Gasteiger partial charge is 0.483 e. The van der Waals surface area contributed by atoms with Crippen LogP contribution >= 0.6 is 27.7 Å². The number of nitrogens with zero attached hydrogens (tertiary/aromatic N) is 2. The van der Waals surface area contributed by atoms with Crippen LogP contribution in [0.2, 0.25) is 0 Å². The lowest BCUT2D eigenvalue weighted by atomic mass is 10.2. The molecule has 1 aromatic carbocycles. The summed E-state index contributed by atoms with van der Waals surface area (Å²) in [7, 11) is 0. The molecule has 0 unspecified atom stereocenters. The third-order valence-corrected chi connectivity index (χ3v) is 5.82. The quantitative estimate of drug-likeness (QED) is 0.596. The van der Waals surface area contributed by atoms with Gasteiger partial charge in [-0.25, -0.2) is 0 Å². The first-order valence-corrected chi connectivity index (χ1v) is 10.6. The fraction of sp³-hybridized carbons (Fsp3) is 0.421. The average Bonchev–Trinajstić information content (AvgIpc) is 2.95. The van der Waals surface area contributed by atoms with Crippen molar-refractivity contribution in [2.45, 2.75) is 13.3 Å². The smallest absolute Gasteiger partial charge is 0.293 e. The van der Waals surface area contributed by atoms with Gasteiger partial charge in [0.1, 0.15) is 5.75 Å². The zero-order valence-corrected chi connectivity index (χ0v) is 17.9. The highest BCUT2D eigenvalue weighted by molar-refractivity contribution is 9.10. The second-order valence-corrected chi connectivity index (χ2v) is 8.15. The second-order valence-electron chi connectivity index (χ2n) is 6.31. The Morgan fingerprint density at radius 3 is 2.75 bits per heavy atom. The van der Waals surface area contributed by atoms with Crippen LogP contribution in [0.4, 0.5) is 4.79 Å². The minimum atomic E-state index is -0.260. The van der Waals surface area contributed by atoms with Crippen molar-refractivity contribution in [3.63, 3.8) is 0 Å². The van der Waals surface area contributed by atoms with Crippen molar-refractivity contribution in [1.29, 1.82) is 0 Å². The summed E-state index contributed by atoms with van der Waals surface area (Å²) >= 11 is 4.39. The van der Waals surface area contributed by atoms with Crippen LogP contribution in [0.15, 0.2) is 27.6 Å². The molecule has 7 nitrogen and oxygen atoms in total. The van der Waals surface area contributed by atoms with Gasteiger partial charge in [0.25, 0.3) is 17.1 Å². The molecule has 0 N–H and O–H groups in total. The van der Waals surface area contributed by atoms with E-state index in [1.807, 2.05) is 6.92 Å². The van der Waals surface area contributed by atoms with E-state index in [2.05, 4.69) is 15.9 Å². The van der Waals surface area contributed by atoms with Crippen LogP contribution in [0.1, 0.15) is 18.9 Å². The summed E-state index contributed by atoms with van der Waals surface area (Å²) in [4.78, 5) is 39.8. The van der Waals surface area contributed by atoms with E-state index in [0.717, 1.165) is 23.7 Å². The standard InChI is InChI=1S/C19H21BrN2O5S/c1-2-5-22-18(24)16(28-19(22)25)11-13-3-4-15(14(20)10-13)27-12-17(23)21-6-8-26-9-7-21/h3-4,10-11H,2,5-9,12H2,1H3. The van der Waals surface area contributed by atoms with Crippen molar-refractivity contribution in [3.05, 3.63) is 33.1 Å². The minimum absolute atomic E-state index is 0.0478. The molecule has 0 spiro atoms. The zero-order valence-electron chi connectivity index (χ0n) is 15.5. The molecule has 2 aliphatic heterocycles. The summed E-state index contributed by atoms with van der Waals surface area (Å²) < 4.78 is 11.5. The highest BCUT2D eigenvalue weighted by atomic mass is 79.9. The normalized spacial score (nSPS) is 18.9. The fourth-order valence-corrected chi connectivity index (χ4v) is 4.21. The molecule has 0 saturated carbocycles. The lowest BCUT2D eigenvalue weighted by molar-refractivity contribution is -0.137. The van der Waals surface area contributed by atoms with Gasteiger partial charge in [0.05, 0.1) is 22.6 Å². The Morgan fingerprint density at radius 1 is 1.32 bits per heavy atom. The van der Waals surface area contributed by atoms with E-state index in [1.54, 1.807) is 29.2 Å². The maximum atomic E-state index is 12.3. The summed E-state index contributed by atoms with van der Waals surface area (Å²) in [5.41, 5.74) is 0.765. The first-order chi connectivity index (χ1) is 13.5. The molecule has 2 saturated heterocycles. The molecule has 150 valence electrons. The number of amides is 3. The number of hydrogen-bond donors (Lipinski definition) is 0. The van der Waals surface area contributed by atoms with E-state index < -0.39 is 0 Å². The Morgan fingerprint density at radius 2 is 2.07 bits per heavy atom. The third-order valence-electron chi connectivity index (χ3n) is 4.29. The molecule has 0 atom stereocenters. The van der Waals surface area contributed by atoms with Gasteiger partial charge in [-0.1, -0.05) is 13.0 Å². The number of hydrogen-bond acceptors (Lipinski definition) is 6. The van der Waals surface area contributed by atoms with E-state index in [-0.39, 0.29) is 23.7 Å². The Balaban J connectivity index is 1.63. The first-order valence-electron chi connectivity index (χ1n) is 9.03. The van der Waals surface area contributed by atoms with Crippen molar-refractivity contribution < 1.29 is 23.9 Å². The van der Waals surface area contributed by atoms with Crippen molar-refractivity contribution in [2.75, 3.05) is 39.5 Å². The number of halogens is 1. The van der Waals surface area contributed by atoms with E-state index >= 15 is 0 Å². The van der Waals surface area contributed by atoms with Crippen molar-refractivity contribution >= 4 is 50.8 Å². The van der Waals surface area contributed by atoms with Crippen LogP contribution in [0.3, 0.4) is 0 Å². The summed E-state index contributed by atoms with van der Waals surface area (Å²) in [6.45, 7) is 4.56. The number of carbonyl (C=O) groups excluding carboxylic acids is 3. The van der Waals surface area contributed by atoms with Gasteiger partial charge >= 0.3 is 0 Å². The molecule has 3 rings (SSSR count). The van der Waals surface area contributed by atoms with Crippen molar-refractivity contribution in [1.82, 2.24) is 9.80 Å². The second kappa shape index (κ2) is 9.58. The van der Waals surface area contributed by atoms with Gasteiger partial charge in [0.2, 0.25) is 0 Å². The van der Waals surface area contributed by atoms with Crippen LogP contribution in [-0.4, -0.2) is 66.3 Å². The fourth-order valence-electron chi connectivity index (χ4n) is 2.84. The number of carbonyl (C=O) groups is 3. The van der Waals surface area contributed by atoms with E-state index in [4.69, 9.17) is 9.47 Å². The van der Waals surface area contributed by atoms with Gasteiger partial charge in [-0.05, 0) is 57.9 Å². The first kappa shape index (κ1) is 20.9. The molecule has 9 heteroatoms. The predicted octanol–water partition coefficient (Wildman–Crippen LogP) is 3.13. The molecule has 2 heterocycles. The van der Waals surface area contributed by atoms with Gasteiger partial charge in [0, 0.05) is 19.6 Å². The molecule has 3 amide bonds. The summed E-state index contributed by atoms with van der Waals surface area (Å²) in [6, 6.07) is 5.31. The number of benzene rings is 1. The molecule has 1 aromatic rings. The molecule has 28 heavy (non-hydrogen) atoms. The minimum Gasteiger partial charge on any atom is -0.483 e. The van der Waals surface area contributed by atoms with Gasteiger partial charge in [-0.3, -0.25) is 19.3 Å². The Labute approximate surface area is 176 Å². The summed E-state index contributed by atoms with van der Waals surface area (Å²) in [5.74, 6) is 0.200. The van der Waals surface area contributed by atoms with E-state index in [1.165, 1.54) is 4.90 Å². The molecular weight excluding hydrogens is 448 g/mol. The molecular formula is C19H21BrN2O5S. The number of thioether (sulfide) groups is 1. The van der Waals surface area contributed by atoms with Gasteiger partial charge in [-0.2, -0.15) is 0 Å². The monoisotopic (exact) mass is 468 g/mol. The van der Waals surface area contributed by atoms with Gasteiger partial charge in [0.15, 0.2) is 6.61 Å². The zero-order chi connectivity index (χ0) is 20.1. The highest BCUT2D eigenvalue weighted by Crippen LogP contribution is 2.34. The molecule has 0 aliphatic carbocycles. The lowest BCUT2D eigenvalue weighted by Crippen LogP contribution is -2.43. The van der Waals surface area contributed by atoms with Crippen LogP contribution in [0, 0.1) is 0 Å². The molecule has 0 aromatic heterocycles. The number of ether oxygens (including phenoxy) is 2. The average molecular weight is 469 g/mol. The third kappa shape index (κ3) is 4.95. The lowest BCUT2D eigenvalue weighted by Gasteiger charge is -2.26. The van der Waals surface area contributed by atoms with Crippen LogP contribution in [0.5, 0.6) is 5.75 Å². The molecule has 0 bridgehead atoms. The molecule has 2 fully saturated rings. The predicted molar refractivity (Wildman–Crippen MR) is 110 cm³/mol. The van der Waals surface area contributed by atoms with Crippen molar-refractivity contribution in [2.24, 2.45) is 0 Å². The van der Waals surface area contributed by atoms with Gasteiger partial charge in [-0.15, -0.1) is 0 Å². The maximum Gasteiger partial charge on any atom is 0.293 e. The van der Waals surface area contributed by atoms with Crippen LogP contribution < -0.4 is 4.74 Å². The van der Waals surface area contributed by atoms with E-state index in [9.17, 15) is 14.4 Å². The number of rotatable bonds is 6. The molecule has 2 aliphatic rings. The number of morpholine rings is 1. The van der Waals surface area contributed by atoms with Gasteiger partial charge < -0.3 is 14.4 Å². The summed E-state index contributed by atoms with van der Waals surface area (Å²) in [6.07, 6.45) is 2.42. The Hall–Kier alpha value is -1.84. The Kier molecular flexibility index (Phi) is 7.14. The Bertz CT molecular complexity index is 808. The van der Waals surface area contributed by atoms with Crippen LogP contribution in [0.25, 0.3) is 6.08 Å². The van der Waals surface area contributed by atoms with Crippen molar-refractivity contribution in [3.8, 4) is 5.75 Å². The molecule has 0 radical (unpaired) electrons. The summed E-state index contributed by atoms with van der Waals surface area (Å²) in [5, 5.41) is -0.237. The SMILES string of the molecule is CCCN1C(=O)SC(=Cc2ccc(OCC(=O)N3CCOCC3)c(Br)c2)C1=O.